The van der Waals surface area contributed by atoms with Gasteiger partial charge < -0.3 is 10.6 Å². The van der Waals surface area contributed by atoms with Crippen molar-refractivity contribution >= 4 is 11.6 Å². The van der Waals surface area contributed by atoms with Gasteiger partial charge in [0.1, 0.15) is 0 Å². The SMILES string of the molecule is C=CCN(C(=O)c1cccc(N)c1)C1CC1. The highest BCUT2D eigenvalue weighted by atomic mass is 16.2. The van der Waals surface area contributed by atoms with Gasteiger partial charge in [0, 0.05) is 23.8 Å². The number of amides is 1. The summed E-state index contributed by atoms with van der Waals surface area (Å²) in [6.07, 6.45) is 3.96. The number of rotatable bonds is 4. The molecule has 1 amide bonds. The van der Waals surface area contributed by atoms with Crippen LogP contribution >= 0.6 is 0 Å². The molecule has 2 N–H and O–H groups in total. The number of benzene rings is 1. The first-order valence-electron chi connectivity index (χ1n) is 5.50. The minimum absolute atomic E-state index is 0.0506. The predicted octanol–water partition coefficient (Wildman–Crippen LogP) is 2.06. The zero-order valence-electron chi connectivity index (χ0n) is 9.23. The zero-order chi connectivity index (χ0) is 11.5. The van der Waals surface area contributed by atoms with Crippen LogP contribution in [0.5, 0.6) is 0 Å². The van der Waals surface area contributed by atoms with Crippen molar-refractivity contribution in [3.8, 4) is 0 Å². The van der Waals surface area contributed by atoms with Crippen molar-refractivity contribution in [2.75, 3.05) is 12.3 Å². The Hall–Kier alpha value is -1.77. The molecule has 0 atom stereocenters. The summed E-state index contributed by atoms with van der Waals surface area (Å²) in [7, 11) is 0. The molecular formula is C13H16N2O. The van der Waals surface area contributed by atoms with Crippen LogP contribution in [0.25, 0.3) is 0 Å². The van der Waals surface area contributed by atoms with Gasteiger partial charge in [-0.25, -0.2) is 0 Å². The van der Waals surface area contributed by atoms with Crippen molar-refractivity contribution < 1.29 is 4.79 Å². The Kier molecular flexibility index (Phi) is 2.95. The van der Waals surface area contributed by atoms with Gasteiger partial charge in [0.05, 0.1) is 0 Å². The molecule has 1 aliphatic carbocycles. The molecule has 0 bridgehead atoms. The Morgan fingerprint density at radius 1 is 1.56 bits per heavy atom. The molecule has 0 unspecified atom stereocenters. The maximum atomic E-state index is 12.2. The number of hydrogen-bond donors (Lipinski definition) is 1. The fourth-order valence-electron chi connectivity index (χ4n) is 1.76. The van der Waals surface area contributed by atoms with Crippen LogP contribution in [0.4, 0.5) is 5.69 Å². The van der Waals surface area contributed by atoms with Crippen LogP contribution in [0, 0.1) is 0 Å². The van der Waals surface area contributed by atoms with Crippen molar-refractivity contribution in [2.45, 2.75) is 18.9 Å². The van der Waals surface area contributed by atoms with E-state index in [0.717, 1.165) is 12.8 Å². The summed E-state index contributed by atoms with van der Waals surface area (Å²) in [6.45, 7) is 4.30. The fraction of sp³-hybridized carbons (Fsp3) is 0.308. The summed E-state index contributed by atoms with van der Waals surface area (Å²) in [6, 6.07) is 7.51. The largest absolute Gasteiger partial charge is 0.399 e. The van der Waals surface area contributed by atoms with Crippen LogP contribution in [0.15, 0.2) is 36.9 Å². The Morgan fingerprint density at radius 3 is 2.88 bits per heavy atom. The molecule has 0 aromatic heterocycles. The summed E-state index contributed by atoms with van der Waals surface area (Å²) in [4.78, 5) is 14.1. The second-order valence-corrected chi connectivity index (χ2v) is 4.10. The fourth-order valence-corrected chi connectivity index (χ4v) is 1.76. The maximum Gasteiger partial charge on any atom is 0.254 e. The van der Waals surface area contributed by atoms with Crippen molar-refractivity contribution in [3.05, 3.63) is 42.5 Å². The van der Waals surface area contributed by atoms with Crippen LogP contribution < -0.4 is 5.73 Å². The lowest BCUT2D eigenvalue weighted by atomic mass is 10.1. The average molecular weight is 216 g/mol. The summed E-state index contributed by atoms with van der Waals surface area (Å²) < 4.78 is 0. The molecule has 1 aromatic carbocycles. The third-order valence-electron chi connectivity index (χ3n) is 2.71. The molecular weight excluding hydrogens is 200 g/mol. The van der Waals surface area contributed by atoms with E-state index in [1.54, 1.807) is 24.3 Å². The Labute approximate surface area is 95.6 Å². The van der Waals surface area contributed by atoms with E-state index in [2.05, 4.69) is 6.58 Å². The van der Waals surface area contributed by atoms with Gasteiger partial charge in [-0.2, -0.15) is 0 Å². The van der Waals surface area contributed by atoms with Gasteiger partial charge in [-0.1, -0.05) is 12.1 Å². The van der Waals surface area contributed by atoms with Gasteiger partial charge in [0.2, 0.25) is 0 Å². The first kappa shape index (κ1) is 10.7. The average Bonchev–Trinajstić information content (AvgIpc) is 3.09. The third-order valence-corrected chi connectivity index (χ3v) is 2.71. The molecule has 3 heteroatoms. The highest BCUT2D eigenvalue weighted by molar-refractivity contribution is 5.95. The molecule has 0 aliphatic heterocycles. The van der Waals surface area contributed by atoms with E-state index in [1.165, 1.54) is 0 Å². The molecule has 0 spiro atoms. The smallest absolute Gasteiger partial charge is 0.254 e. The second kappa shape index (κ2) is 4.39. The normalized spacial score (nSPS) is 14.5. The minimum atomic E-state index is 0.0506. The summed E-state index contributed by atoms with van der Waals surface area (Å²) >= 11 is 0. The van der Waals surface area contributed by atoms with Crippen LogP contribution in [0.3, 0.4) is 0 Å². The van der Waals surface area contributed by atoms with Gasteiger partial charge in [-0.05, 0) is 31.0 Å². The molecule has 0 radical (unpaired) electrons. The van der Waals surface area contributed by atoms with E-state index in [-0.39, 0.29) is 5.91 Å². The lowest BCUT2D eigenvalue weighted by Gasteiger charge is -2.20. The number of carbonyl (C=O) groups excluding carboxylic acids is 1. The summed E-state index contributed by atoms with van der Waals surface area (Å²) in [5.41, 5.74) is 6.96. The number of nitrogen functional groups attached to an aromatic ring is 1. The molecule has 0 heterocycles. The molecule has 1 saturated carbocycles. The number of hydrogen-bond acceptors (Lipinski definition) is 2. The van der Waals surface area contributed by atoms with Crippen molar-refractivity contribution in [1.82, 2.24) is 4.90 Å². The maximum absolute atomic E-state index is 12.2. The Bertz CT molecular complexity index is 410. The van der Waals surface area contributed by atoms with Gasteiger partial charge in [0.25, 0.3) is 5.91 Å². The Balaban J connectivity index is 2.18. The van der Waals surface area contributed by atoms with Gasteiger partial charge in [0.15, 0.2) is 0 Å². The van der Waals surface area contributed by atoms with Crippen molar-refractivity contribution in [1.29, 1.82) is 0 Å². The van der Waals surface area contributed by atoms with Crippen molar-refractivity contribution in [3.63, 3.8) is 0 Å². The molecule has 0 saturated heterocycles. The van der Waals surface area contributed by atoms with Crippen molar-refractivity contribution in [2.24, 2.45) is 0 Å². The first-order valence-corrected chi connectivity index (χ1v) is 5.50. The van der Waals surface area contributed by atoms with Crippen LogP contribution in [0.2, 0.25) is 0 Å². The molecule has 2 rings (SSSR count). The lowest BCUT2D eigenvalue weighted by Crippen LogP contribution is -2.33. The van der Waals surface area contributed by atoms with E-state index in [4.69, 9.17) is 5.73 Å². The number of carbonyl (C=O) groups is 1. The van der Waals surface area contributed by atoms with Crippen LogP contribution in [0.1, 0.15) is 23.2 Å². The van der Waals surface area contributed by atoms with Gasteiger partial charge >= 0.3 is 0 Å². The molecule has 1 aliphatic rings. The van der Waals surface area contributed by atoms with Crippen LogP contribution in [-0.2, 0) is 0 Å². The summed E-state index contributed by atoms with van der Waals surface area (Å²) in [5.74, 6) is 0.0506. The quantitative estimate of drug-likeness (QED) is 0.618. The number of nitrogens with two attached hydrogens (primary N) is 1. The highest BCUT2D eigenvalue weighted by Crippen LogP contribution is 2.28. The van der Waals surface area contributed by atoms with Gasteiger partial charge in [-0.15, -0.1) is 6.58 Å². The molecule has 3 nitrogen and oxygen atoms in total. The van der Waals surface area contributed by atoms with Gasteiger partial charge in [-0.3, -0.25) is 4.79 Å². The van der Waals surface area contributed by atoms with Crippen LogP contribution in [-0.4, -0.2) is 23.4 Å². The molecule has 1 aromatic rings. The standard InChI is InChI=1S/C13H16N2O/c1-2-8-15(12-6-7-12)13(16)10-4-3-5-11(14)9-10/h2-5,9,12H,1,6-8,14H2. The Morgan fingerprint density at radius 2 is 2.31 bits per heavy atom. The number of anilines is 1. The third kappa shape index (κ3) is 2.24. The highest BCUT2D eigenvalue weighted by Gasteiger charge is 2.32. The van der Waals surface area contributed by atoms with E-state index >= 15 is 0 Å². The summed E-state index contributed by atoms with van der Waals surface area (Å²) in [5, 5.41) is 0. The van der Waals surface area contributed by atoms with E-state index < -0.39 is 0 Å². The molecule has 16 heavy (non-hydrogen) atoms. The zero-order valence-corrected chi connectivity index (χ0v) is 9.23. The monoisotopic (exact) mass is 216 g/mol. The topological polar surface area (TPSA) is 46.3 Å². The van der Waals surface area contributed by atoms with E-state index in [0.29, 0.717) is 23.8 Å². The minimum Gasteiger partial charge on any atom is -0.399 e. The van der Waals surface area contributed by atoms with E-state index in [9.17, 15) is 4.79 Å². The first-order chi connectivity index (χ1) is 7.72. The van der Waals surface area contributed by atoms with E-state index in [1.807, 2.05) is 11.0 Å². The predicted molar refractivity (Wildman–Crippen MR) is 65.1 cm³/mol. The second-order valence-electron chi connectivity index (χ2n) is 4.10. The molecule has 84 valence electrons. The number of nitrogens with zero attached hydrogens (tertiary/aromatic N) is 1. The molecule has 1 fully saturated rings. The lowest BCUT2D eigenvalue weighted by molar-refractivity contribution is 0.0762.